The summed E-state index contributed by atoms with van der Waals surface area (Å²) in [6.45, 7) is 7.94. The molecule has 0 aliphatic rings. The van der Waals surface area contributed by atoms with Gasteiger partial charge in [-0.1, -0.05) is 67.9 Å². The van der Waals surface area contributed by atoms with Crippen molar-refractivity contribution in [1.82, 2.24) is 19.8 Å². The number of rotatable bonds is 21. The van der Waals surface area contributed by atoms with Crippen LogP contribution >= 0.6 is 11.6 Å². The van der Waals surface area contributed by atoms with Gasteiger partial charge in [0.2, 0.25) is 11.8 Å². The fourth-order valence-corrected chi connectivity index (χ4v) is 6.60. The minimum atomic E-state index is -0.603. The number of nitrogens with one attached hydrogen (secondary N) is 2. The van der Waals surface area contributed by atoms with Gasteiger partial charge in [0.25, 0.3) is 11.8 Å². The van der Waals surface area contributed by atoms with Crippen LogP contribution in [0.3, 0.4) is 0 Å². The molecular weight excluding hydrogens is 812 g/mol. The van der Waals surface area contributed by atoms with E-state index in [0.717, 1.165) is 24.0 Å². The van der Waals surface area contributed by atoms with Crippen LogP contribution in [0.25, 0.3) is 0 Å². The maximum Gasteiger partial charge on any atom is 0.339 e. The van der Waals surface area contributed by atoms with E-state index in [2.05, 4.69) is 39.3 Å². The molecule has 324 valence electrons. The number of nitrogens with zero attached hydrogens (tertiary/aromatic N) is 4. The van der Waals surface area contributed by atoms with Crippen molar-refractivity contribution in [2.75, 3.05) is 37.4 Å². The van der Waals surface area contributed by atoms with Gasteiger partial charge in [0, 0.05) is 62.7 Å². The van der Waals surface area contributed by atoms with E-state index in [1.54, 1.807) is 73.5 Å². The Morgan fingerprint density at radius 3 is 2.18 bits per heavy atom. The Morgan fingerprint density at radius 2 is 1.48 bits per heavy atom. The third kappa shape index (κ3) is 14.0. The number of carbonyl (C=O) groups is 5. The van der Waals surface area contributed by atoms with Crippen LogP contribution in [0.15, 0.2) is 109 Å². The number of hydrogen-bond acceptors (Lipinski definition) is 11. The second-order valence-electron chi connectivity index (χ2n) is 14.3. The number of ether oxygens (including phenoxy) is 3. The summed E-state index contributed by atoms with van der Waals surface area (Å²) in [6.07, 6.45) is 3.20. The molecule has 2 heterocycles. The van der Waals surface area contributed by atoms with Gasteiger partial charge in [-0.3, -0.25) is 24.1 Å². The predicted molar refractivity (Wildman–Crippen MR) is 236 cm³/mol. The van der Waals surface area contributed by atoms with E-state index in [9.17, 15) is 24.0 Å². The summed E-state index contributed by atoms with van der Waals surface area (Å²) in [7, 11) is 1.73. The number of pyridine rings is 2. The summed E-state index contributed by atoms with van der Waals surface area (Å²) >= 11 is 6.20. The van der Waals surface area contributed by atoms with Crippen LogP contribution in [0.1, 0.15) is 88.8 Å². The van der Waals surface area contributed by atoms with Crippen LogP contribution in [0.2, 0.25) is 5.15 Å². The van der Waals surface area contributed by atoms with Crippen LogP contribution in [0.4, 0.5) is 11.4 Å². The van der Waals surface area contributed by atoms with Gasteiger partial charge in [-0.15, -0.1) is 0 Å². The highest BCUT2D eigenvalue weighted by atomic mass is 35.5. The molecule has 3 aromatic carbocycles. The molecule has 0 bridgehead atoms. The molecule has 0 saturated heterocycles. The number of benzene rings is 3. The number of esters is 2. The first-order valence-electron chi connectivity index (χ1n) is 20.4. The van der Waals surface area contributed by atoms with Gasteiger partial charge >= 0.3 is 11.9 Å². The van der Waals surface area contributed by atoms with Crippen molar-refractivity contribution in [3.8, 4) is 11.6 Å². The van der Waals surface area contributed by atoms with E-state index in [-0.39, 0.29) is 60.4 Å². The third-order valence-electron chi connectivity index (χ3n) is 9.87. The van der Waals surface area contributed by atoms with Crippen molar-refractivity contribution in [3.63, 3.8) is 0 Å². The Hall–Kier alpha value is -6.64. The zero-order valence-electron chi connectivity index (χ0n) is 35.3. The van der Waals surface area contributed by atoms with Crippen molar-refractivity contribution in [2.24, 2.45) is 0 Å². The lowest BCUT2D eigenvalue weighted by atomic mass is 10.1. The maximum absolute atomic E-state index is 13.7. The lowest BCUT2D eigenvalue weighted by molar-refractivity contribution is -0.147. The van der Waals surface area contributed by atoms with Crippen molar-refractivity contribution in [1.29, 1.82) is 0 Å². The molecule has 0 spiro atoms. The monoisotopic (exact) mass is 862 g/mol. The Kier molecular flexibility index (Phi) is 17.5. The first-order valence-corrected chi connectivity index (χ1v) is 20.8. The molecule has 0 unspecified atom stereocenters. The summed E-state index contributed by atoms with van der Waals surface area (Å²) in [5, 5.41) is 5.67. The van der Waals surface area contributed by atoms with Crippen LogP contribution in [-0.2, 0) is 32.2 Å². The predicted octanol–water partition coefficient (Wildman–Crippen LogP) is 8.58. The number of aromatic nitrogens is 2. The Labute approximate surface area is 366 Å². The normalized spacial score (nSPS) is 10.9. The molecule has 0 radical (unpaired) electrons. The largest absolute Gasteiger partial charge is 0.462 e. The molecule has 0 saturated carbocycles. The lowest BCUT2D eigenvalue weighted by Gasteiger charge is -2.32. The molecule has 14 nitrogen and oxygen atoms in total. The van der Waals surface area contributed by atoms with Crippen molar-refractivity contribution < 1.29 is 38.2 Å². The highest BCUT2D eigenvalue weighted by Gasteiger charge is 2.21. The molecule has 2 aromatic heterocycles. The topological polar surface area (TPSA) is 169 Å². The third-order valence-corrected chi connectivity index (χ3v) is 10.1. The molecule has 15 heteroatoms. The van der Waals surface area contributed by atoms with Gasteiger partial charge in [0.15, 0.2) is 5.69 Å². The van der Waals surface area contributed by atoms with Gasteiger partial charge in [-0.25, -0.2) is 14.8 Å². The van der Waals surface area contributed by atoms with E-state index in [4.69, 9.17) is 25.8 Å². The fourth-order valence-electron chi connectivity index (χ4n) is 6.45. The number of amides is 3. The molecule has 2 N–H and O–H groups in total. The van der Waals surface area contributed by atoms with Crippen LogP contribution in [0.5, 0.6) is 11.6 Å². The number of likely N-dealkylation sites (N-methyl/N-ethyl adjacent to an activating group) is 1. The van der Waals surface area contributed by atoms with E-state index in [1.807, 2.05) is 36.4 Å². The number of hydrogen-bond donors (Lipinski definition) is 2. The lowest BCUT2D eigenvalue weighted by Crippen LogP contribution is -2.41. The summed E-state index contributed by atoms with van der Waals surface area (Å²) < 4.78 is 16.1. The summed E-state index contributed by atoms with van der Waals surface area (Å²) in [4.78, 5) is 76.6. The average molecular weight is 863 g/mol. The molecule has 5 aromatic rings. The van der Waals surface area contributed by atoms with Crippen LogP contribution < -0.4 is 15.4 Å². The molecular formula is C47H51ClN6O8. The van der Waals surface area contributed by atoms with Gasteiger partial charge in [-0.05, 0) is 85.5 Å². The SMILES string of the molecule is CCOC(=O)c1ccc(Oc2ccc(NC(=O)c3nc(Cl)ccc3NC(=O)c3cccc(CN(CCN(C)C(=O)CCC(=O)OCc4ccccc4)C(CC)CC)c3)cc2)nc1. The van der Waals surface area contributed by atoms with Gasteiger partial charge < -0.3 is 29.7 Å². The van der Waals surface area contributed by atoms with Gasteiger partial charge in [0.1, 0.15) is 17.5 Å². The molecule has 0 fully saturated rings. The van der Waals surface area contributed by atoms with Crippen molar-refractivity contribution in [3.05, 3.63) is 142 Å². The zero-order valence-corrected chi connectivity index (χ0v) is 36.0. The summed E-state index contributed by atoms with van der Waals surface area (Å²) in [5.41, 5.74) is 2.96. The molecule has 0 aliphatic heterocycles. The van der Waals surface area contributed by atoms with Gasteiger partial charge in [-0.2, -0.15) is 0 Å². The highest BCUT2D eigenvalue weighted by Crippen LogP contribution is 2.24. The first kappa shape index (κ1) is 46.4. The highest BCUT2D eigenvalue weighted by molar-refractivity contribution is 6.29. The smallest absolute Gasteiger partial charge is 0.339 e. The quantitative estimate of drug-likeness (QED) is 0.0535. The molecule has 3 amide bonds. The van der Waals surface area contributed by atoms with Gasteiger partial charge in [0.05, 0.1) is 24.3 Å². The Morgan fingerprint density at radius 1 is 0.742 bits per heavy atom. The Bertz CT molecular complexity index is 2290. The summed E-state index contributed by atoms with van der Waals surface area (Å²) in [6, 6.07) is 29.5. The summed E-state index contributed by atoms with van der Waals surface area (Å²) in [5.74, 6) is -1.40. The molecule has 0 atom stereocenters. The van der Waals surface area contributed by atoms with E-state index in [1.165, 1.54) is 18.3 Å². The number of carbonyl (C=O) groups excluding carboxylic acids is 5. The van der Waals surface area contributed by atoms with Crippen LogP contribution in [0, 0.1) is 0 Å². The van der Waals surface area contributed by atoms with E-state index < -0.39 is 23.8 Å². The first-order chi connectivity index (χ1) is 30.0. The minimum Gasteiger partial charge on any atom is -0.462 e. The minimum absolute atomic E-state index is 0.000875. The van der Waals surface area contributed by atoms with Crippen molar-refractivity contribution >= 4 is 52.6 Å². The second-order valence-corrected chi connectivity index (χ2v) is 14.7. The molecule has 62 heavy (non-hydrogen) atoms. The zero-order chi connectivity index (χ0) is 44.4. The van der Waals surface area contributed by atoms with E-state index >= 15 is 0 Å². The maximum atomic E-state index is 13.7. The fraction of sp³-hybridized carbons (Fsp3) is 0.298. The molecule has 5 rings (SSSR count). The second kappa shape index (κ2) is 23.4. The number of anilines is 2. The van der Waals surface area contributed by atoms with Crippen molar-refractivity contribution in [2.45, 2.75) is 65.6 Å². The van der Waals surface area contributed by atoms with Crippen LogP contribution in [-0.4, -0.2) is 82.2 Å². The molecule has 0 aliphatic carbocycles. The Balaban J connectivity index is 1.16. The standard InChI is InChI=1S/C47H51ClN6O8/c1-5-37(6-2)54(27-26-53(4)42(55)24-25-43(56)61-31-32-12-9-8-10-13-32)30-33-14-11-15-34(28-33)45(57)51-39-21-22-40(48)52-44(39)46(58)50-36-17-19-38(20-18-36)62-41-23-16-35(29-49-41)47(59)60-7-3/h8-23,28-29,37H,5-7,24-27,30-31H2,1-4H3,(H,50,58)(H,51,57). The average Bonchev–Trinajstić information content (AvgIpc) is 3.28. The van der Waals surface area contributed by atoms with E-state index in [0.29, 0.717) is 42.2 Å². The number of halogens is 1.